The predicted molar refractivity (Wildman–Crippen MR) is 253 cm³/mol. The molecule has 3 aliphatic heterocycles. The first-order valence-electron chi connectivity index (χ1n) is 22.2. The fourth-order valence-electron chi connectivity index (χ4n) is 9.05. The quantitative estimate of drug-likeness (QED) is 0.141. The van der Waals surface area contributed by atoms with Gasteiger partial charge in [-0.3, -0.25) is 9.80 Å². The largest absolute Gasteiger partial charge is 0.496 e. The van der Waals surface area contributed by atoms with Crippen LogP contribution in [0.3, 0.4) is 0 Å². The van der Waals surface area contributed by atoms with E-state index in [1.54, 1.807) is 19.4 Å². The minimum Gasteiger partial charge on any atom is -0.496 e. The highest BCUT2D eigenvalue weighted by Crippen LogP contribution is 2.48. The van der Waals surface area contributed by atoms with Gasteiger partial charge < -0.3 is 24.2 Å². The normalized spacial score (nSPS) is 17.2. The van der Waals surface area contributed by atoms with Gasteiger partial charge in [0, 0.05) is 92.8 Å². The van der Waals surface area contributed by atoms with Crippen molar-refractivity contribution in [3.8, 4) is 39.9 Å². The van der Waals surface area contributed by atoms with E-state index >= 15 is 0 Å². The number of hydrogen-bond acceptors (Lipinski definition) is 12. The van der Waals surface area contributed by atoms with Gasteiger partial charge in [-0.05, 0) is 83.6 Å². The fraction of sp³-hybridized carbons (Fsp3) is 0.288. The molecular weight excluding hydrogens is 854 g/mol. The van der Waals surface area contributed by atoms with Gasteiger partial charge in [-0.1, -0.05) is 54.6 Å². The summed E-state index contributed by atoms with van der Waals surface area (Å²) in [6.07, 6.45) is 5.83. The second-order valence-corrected chi connectivity index (χ2v) is 17.9. The zero-order chi connectivity index (χ0) is 45.1. The van der Waals surface area contributed by atoms with Gasteiger partial charge >= 0.3 is 5.97 Å². The highest BCUT2D eigenvalue weighted by atomic mass is 32.1. The first-order chi connectivity index (χ1) is 32.3. The number of halogens is 1. The van der Waals surface area contributed by atoms with E-state index < -0.39 is 12.1 Å². The van der Waals surface area contributed by atoms with Crippen LogP contribution in [0.4, 0.5) is 4.39 Å². The molecule has 1 fully saturated rings. The lowest BCUT2D eigenvalue weighted by molar-refractivity contribution is -0.145. The summed E-state index contributed by atoms with van der Waals surface area (Å²) in [5.74, 6) is 0.486. The Morgan fingerprint density at radius 1 is 0.924 bits per heavy atom. The van der Waals surface area contributed by atoms with Crippen molar-refractivity contribution in [3.05, 3.63) is 143 Å². The van der Waals surface area contributed by atoms with E-state index in [4.69, 9.17) is 24.2 Å². The van der Waals surface area contributed by atoms with Crippen LogP contribution in [0.25, 0.3) is 49.1 Å². The monoisotopic (exact) mass is 901 g/mol. The molecule has 0 radical (unpaired) electrons. The molecule has 14 heteroatoms. The van der Waals surface area contributed by atoms with Crippen molar-refractivity contribution >= 4 is 43.9 Å². The number of methoxy groups -OCH3 is 1. The molecule has 6 heterocycles. The minimum atomic E-state index is -1.36. The van der Waals surface area contributed by atoms with E-state index in [9.17, 15) is 14.3 Å². The van der Waals surface area contributed by atoms with Crippen LogP contribution in [0.15, 0.2) is 103 Å². The molecule has 1 N–H and O–H groups in total. The topological polar surface area (TPSA) is 126 Å². The van der Waals surface area contributed by atoms with Crippen molar-refractivity contribution in [2.75, 3.05) is 53.4 Å². The van der Waals surface area contributed by atoms with E-state index in [0.29, 0.717) is 58.3 Å². The number of thiophene rings is 1. The molecule has 3 aromatic heterocycles. The summed E-state index contributed by atoms with van der Waals surface area (Å²) in [6, 6.07) is 30.3. The second kappa shape index (κ2) is 19.0. The Balaban J connectivity index is 1.09. The Morgan fingerprint density at radius 2 is 1.79 bits per heavy atom. The molecule has 1 atom stereocenters. The lowest BCUT2D eigenvalue weighted by Crippen LogP contribution is -2.46. The third-order valence-corrected chi connectivity index (χ3v) is 13.8. The average molecular weight is 902 g/mol. The van der Waals surface area contributed by atoms with Crippen molar-refractivity contribution in [2.24, 2.45) is 0 Å². The predicted octanol–water partition coefficient (Wildman–Crippen LogP) is 8.82. The molecule has 4 aromatic carbocycles. The molecule has 4 aliphatic rings. The van der Waals surface area contributed by atoms with E-state index in [0.717, 1.165) is 88.3 Å². The molecule has 7 aromatic rings. The van der Waals surface area contributed by atoms with Crippen LogP contribution < -0.4 is 14.2 Å². The van der Waals surface area contributed by atoms with Crippen LogP contribution in [0, 0.1) is 12.1 Å². The number of hydrogen-bond donors (Lipinski definition) is 1. The van der Waals surface area contributed by atoms with Crippen LogP contribution in [-0.4, -0.2) is 105 Å². The highest BCUT2D eigenvalue weighted by molar-refractivity contribution is 7.20. The number of ether oxygens (including phenoxy) is 3. The van der Waals surface area contributed by atoms with Gasteiger partial charge in [0.05, 0.1) is 23.8 Å². The molecule has 4 bridgehead atoms. The van der Waals surface area contributed by atoms with E-state index in [-0.39, 0.29) is 31.2 Å². The molecule has 0 unspecified atom stereocenters. The zero-order valence-electron chi connectivity index (χ0n) is 36.8. The Kier molecular flexibility index (Phi) is 12.4. The first kappa shape index (κ1) is 43.1. The Bertz CT molecular complexity index is 3000. The summed E-state index contributed by atoms with van der Waals surface area (Å²) in [7, 11) is 3.78. The standard InChI is InChI=1S/C52H48FN7O5S/c1-58-21-23-59(24-22-58)25-26-60-29-33-11-18-43(64-31-38-19-20-54-49(57-38)42-9-5-6-10-44(42)63-2)36(27-33)28-45(52(61)62)65-50-47-46(41-17-14-35(30-60)39-7-3-4-8-40(39)41)48(66-51(47)56-32-55-50)34-12-15-37(53)16-13-34/h3,5-7,9-12,14-15,17-20,27,32,45H,13,16,21-26,28-31H2,1-2H3,(H,61,62)/t45-/m1/s1. The Hall–Kier alpha value is -6.76. The molecule has 12 nitrogen and oxygen atoms in total. The fourth-order valence-corrected chi connectivity index (χ4v) is 10.3. The maximum absolute atomic E-state index is 14.5. The lowest BCUT2D eigenvalue weighted by atomic mass is 9.91. The number of benzene rings is 3. The highest BCUT2D eigenvalue weighted by Gasteiger charge is 2.30. The third-order valence-electron chi connectivity index (χ3n) is 12.6. The summed E-state index contributed by atoms with van der Waals surface area (Å²) < 4.78 is 33.1. The molecule has 0 amide bonds. The minimum absolute atomic E-state index is 0.0253. The maximum atomic E-state index is 14.5. The number of aliphatic carboxylic acids is 1. The van der Waals surface area contributed by atoms with Crippen LogP contribution >= 0.6 is 11.3 Å². The second-order valence-electron chi connectivity index (χ2n) is 16.9. The molecule has 66 heavy (non-hydrogen) atoms. The number of fused-ring (bicyclic) bond motifs is 5. The van der Waals surface area contributed by atoms with Gasteiger partial charge in [0.2, 0.25) is 12.0 Å². The molecule has 1 aliphatic carbocycles. The molecule has 0 saturated carbocycles. The number of aromatic nitrogens is 4. The van der Waals surface area contributed by atoms with Gasteiger partial charge in [0.25, 0.3) is 0 Å². The summed E-state index contributed by atoms with van der Waals surface area (Å²) in [5.41, 5.74) is 6.83. The summed E-state index contributed by atoms with van der Waals surface area (Å²) >= 11 is 1.46. The van der Waals surface area contributed by atoms with E-state index in [1.807, 2.05) is 48.5 Å². The van der Waals surface area contributed by atoms with Crippen molar-refractivity contribution < 1.29 is 28.5 Å². The van der Waals surface area contributed by atoms with Gasteiger partial charge in [-0.15, -0.1) is 11.3 Å². The van der Waals surface area contributed by atoms with Crippen LogP contribution in [-0.2, 0) is 30.9 Å². The molecular formula is C52H48FN7O5S. The zero-order valence-corrected chi connectivity index (χ0v) is 37.6. The number of rotatable bonds is 10. The summed E-state index contributed by atoms with van der Waals surface area (Å²) in [4.78, 5) is 40.9. The third kappa shape index (κ3) is 9.08. The smallest absolute Gasteiger partial charge is 0.345 e. The Morgan fingerprint density at radius 3 is 2.62 bits per heavy atom. The van der Waals surface area contributed by atoms with Gasteiger partial charge in [0.15, 0.2) is 5.82 Å². The summed E-state index contributed by atoms with van der Waals surface area (Å²) in [5, 5.41) is 13.4. The van der Waals surface area contributed by atoms with Gasteiger partial charge in [-0.25, -0.2) is 29.1 Å². The number of para-hydroxylation sites is 1. The van der Waals surface area contributed by atoms with Gasteiger partial charge in [-0.2, -0.15) is 0 Å². The SMILES string of the molecule is COc1ccccc1-c1nccc(COc2ccc3cc2C[C@H](C(=O)O)Oc2ncnc4sc(C5=CC=C(F)CC5)c(c24)-c2ccc(c4ccc#cc24)CN(CCN2CCN(C)CC2)C3)n1. The summed E-state index contributed by atoms with van der Waals surface area (Å²) in [6.45, 7) is 7.14. The van der Waals surface area contributed by atoms with Crippen molar-refractivity contribution in [1.82, 2.24) is 34.6 Å². The first-order valence-corrected chi connectivity index (χ1v) is 23.0. The molecule has 0 spiro atoms. The van der Waals surface area contributed by atoms with E-state index in [1.165, 1.54) is 23.7 Å². The van der Waals surface area contributed by atoms with Gasteiger partial charge in [0.1, 0.15) is 35.1 Å². The van der Waals surface area contributed by atoms with Crippen molar-refractivity contribution in [3.63, 3.8) is 0 Å². The average Bonchev–Trinajstić information content (AvgIpc) is 3.73. The number of allylic oxidation sites excluding steroid dienone is 4. The van der Waals surface area contributed by atoms with Crippen molar-refractivity contribution in [1.29, 1.82) is 0 Å². The number of likely N-dealkylation sites (N-methyl/N-ethyl adjacent to an activating group) is 1. The van der Waals surface area contributed by atoms with E-state index in [2.05, 4.69) is 68.1 Å². The van der Waals surface area contributed by atoms with Crippen molar-refractivity contribution in [2.45, 2.75) is 45.1 Å². The van der Waals surface area contributed by atoms with Crippen LogP contribution in [0.5, 0.6) is 17.4 Å². The molecule has 1 saturated heterocycles. The number of carboxylic acid groups (broad SMARTS) is 1. The number of carbonyl (C=O) groups is 1. The molecule has 11 rings (SSSR count). The molecule has 334 valence electrons. The number of piperazine rings is 1. The van der Waals surface area contributed by atoms with Crippen LogP contribution in [0.1, 0.15) is 40.1 Å². The maximum Gasteiger partial charge on any atom is 0.345 e. The Labute approximate surface area is 386 Å². The number of carboxylic acids is 1. The number of nitrogens with zero attached hydrogens (tertiary/aromatic N) is 7. The van der Waals surface area contributed by atoms with Crippen LogP contribution in [0.2, 0.25) is 0 Å². The lowest BCUT2D eigenvalue weighted by Gasteiger charge is -2.34.